The number of rotatable bonds is 10. The van der Waals surface area contributed by atoms with E-state index in [9.17, 15) is 14.4 Å². The number of carbonyl (C=O) groups is 3. The summed E-state index contributed by atoms with van der Waals surface area (Å²) >= 11 is 0. The van der Waals surface area contributed by atoms with Crippen LogP contribution in [-0.2, 0) is 20.9 Å². The van der Waals surface area contributed by atoms with Crippen molar-refractivity contribution in [2.24, 2.45) is 0 Å². The Morgan fingerprint density at radius 1 is 0.919 bits per heavy atom. The zero-order chi connectivity index (χ0) is 26.0. The molecule has 0 saturated heterocycles. The van der Waals surface area contributed by atoms with E-state index >= 15 is 0 Å². The standard InChI is InChI=1S/C30H34N4O3/c1-22-14-16-24(17-15-22)29(30(37)32-21-23-9-3-2-4-10-23)34(25-11-5-6-12-25)28(36)19-18-27(35)33-26-13-7-8-20-31-26/h2-4,7-10,13-17,20,25,29H,5-6,11-12,18-19,21H2,1H3,(H,32,37)(H,31,33,35)/t29-/m0/s1. The highest BCUT2D eigenvalue weighted by Crippen LogP contribution is 2.33. The average molecular weight is 499 g/mol. The fourth-order valence-corrected chi connectivity index (χ4v) is 4.80. The topological polar surface area (TPSA) is 91.4 Å². The van der Waals surface area contributed by atoms with Gasteiger partial charge in [0.25, 0.3) is 0 Å². The van der Waals surface area contributed by atoms with Crippen molar-refractivity contribution in [3.63, 3.8) is 0 Å². The second kappa shape index (κ2) is 12.8. The van der Waals surface area contributed by atoms with E-state index < -0.39 is 6.04 Å². The highest BCUT2D eigenvalue weighted by molar-refractivity contribution is 5.94. The van der Waals surface area contributed by atoms with Gasteiger partial charge in [-0.15, -0.1) is 0 Å². The van der Waals surface area contributed by atoms with E-state index in [0.29, 0.717) is 12.4 Å². The molecule has 7 heteroatoms. The lowest BCUT2D eigenvalue weighted by atomic mass is 9.99. The number of carbonyl (C=O) groups excluding carboxylic acids is 3. The number of hydrogen-bond donors (Lipinski definition) is 2. The Kier molecular flexibility index (Phi) is 9.03. The Hall–Kier alpha value is -4.00. The zero-order valence-electron chi connectivity index (χ0n) is 21.2. The summed E-state index contributed by atoms with van der Waals surface area (Å²) in [5.74, 6) is -0.237. The Labute approximate surface area is 218 Å². The van der Waals surface area contributed by atoms with Crippen molar-refractivity contribution in [2.45, 2.75) is 64.1 Å². The van der Waals surface area contributed by atoms with Gasteiger partial charge in [-0.05, 0) is 43.0 Å². The number of amides is 3. The molecule has 1 saturated carbocycles. The number of aryl methyl sites for hydroxylation is 1. The summed E-state index contributed by atoms with van der Waals surface area (Å²) in [7, 11) is 0. The Bertz CT molecular complexity index is 1180. The van der Waals surface area contributed by atoms with E-state index in [2.05, 4.69) is 15.6 Å². The van der Waals surface area contributed by atoms with Gasteiger partial charge in [0.1, 0.15) is 11.9 Å². The summed E-state index contributed by atoms with van der Waals surface area (Å²) in [6.45, 7) is 2.37. The zero-order valence-corrected chi connectivity index (χ0v) is 21.2. The van der Waals surface area contributed by atoms with Crippen molar-refractivity contribution in [1.82, 2.24) is 15.2 Å². The maximum absolute atomic E-state index is 13.7. The molecule has 1 aliphatic carbocycles. The molecule has 0 aliphatic heterocycles. The van der Waals surface area contributed by atoms with Crippen molar-refractivity contribution in [3.05, 3.63) is 95.7 Å². The monoisotopic (exact) mass is 498 g/mol. The normalized spacial score (nSPS) is 14.1. The summed E-state index contributed by atoms with van der Waals surface area (Å²) in [6, 6.07) is 21.9. The van der Waals surface area contributed by atoms with Crippen LogP contribution in [0.1, 0.15) is 61.3 Å². The first-order valence-corrected chi connectivity index (χ1v) is 12.9. The Morgan fingerprint density at radius 2 is 1.62 bits per heavy atom. The van der Waals surface area contributed by atoms with Crippen molar-refractivity contribution >= 4 is 23.5 Å². The van der Waals surface area contributed by atoms with Crippen molar-refractivity contribution < 1.29 is 14.4 Å². The molecule has 1 atom stereocenters. The van der Waals surface area contributed by atoms with Crippen LogP contribution in [0.4, 0.5) is 5.82 Å². The van der Waals surface area contributed by atoms with Crippen LogP contribution in [0.25, 0.3) is 0 Å². The van der Waals surface area contributed by atoms with Crippen molar-refractivity contribution in [3.8, 4) is 0 Å². The summed E-state index contributed by atoms with van der Waals surface area (Å²) < 4.78 is 0. The third-order valence-electron chi connectivity index (χ3n) is 6.73. The molecule has 4 rings (SSSR count). The first kappa shape index (κ1) is 26.1. The maximum atomic E-state index is 13.7. The van der Waals surface area contributed by atoms with E-state index in [1.54, 1.807) is 29.3 Å². The van der Waals surface area contributed by atoms with Gasteiger partial charge in [0.15, 0.2) is 0 Å². The molecule has 3 aromatic rings. The maximum Gasteiger partial charge on any atom is 0.247 e. The number of pyridine rings is 1. The molecule has 2 aromatic carbocycles. The van der Waals surface area contributed by atoms with Crippen LogP contribution in [-0.4, -0.2) is 33.6 Å². The Balaban J connectivity index is 1.54. The lowest BCUT2D eigenvalue weighted by Gasteiger charge is -2.36. The minimum atomic E-state index is -0.765. The first-order chi connectivity index (χ1) is 18.0. The minimum absolute atomic E-state index is 0.0174. The predicted molar refractivity (Wildman–Crippen MR) is 143 cm³/mol. The second-order valence-electron chi connectivity index (χ2n) is 9.52. The molecular formula is C30H34N4O3. The first-order valence-electron chi connectivity index (χ1n) is 12.9. The SMILES string of the molecule is Cc1ccc([C@@H](C(=O)NCc2ccccc2)N(C(=O)CCC(=O)Nc2ccccn2)C2CCCC2)cc1. The van der Waals surface area contributed by atoms with E-state index in [0.717, 1.165) is 42.4 Å². The number of anilines is 1. The molecule has 7 nitrogen and oxygen atoms in total. The molecule has 3 amide bonds. The third-order valence-corrected chi connectivity index (χ3v) is 6.73. The second-order valence-corrected chi connectivity index (χ2v) is 9.52. The van der Waals surface area contributed by atoms with Gasteiger partial charge in [-0.1, -0.05) is 79.1 Å². The predicted octanol–water partition coefficient (Wildman–Crippen LogP) is 4.94. The van der Waals surface area contributed by atoms with Crippen LogP contribution in [0.15, 0.2) is 79.0 Å². The molecule has 1 heterocycles. The van der Waals surface area contributed by atoms with E-state index in [-0.39, 0.29) is 36.6 Å². The van der Waals surface area contributed by atoms with Gasteiger partial charge in [0.05, 0.1) is 0 Å². The summed E-state index contributed by atoms with van der Waals surface area (Å²) in [5.41, 5.74) is 2.84. The smallest absolute Gasteiger partial charge is 0.247 e. The van der Waals surface area contributed by atoms with Crippen LogP contribution in [0, 0.1) is 6.92 Å². The van der Waals surface area contributed by atoms with Gasteiger partial charge in [-0.25, -0.2) is 4.98 Å². The molecule has 1 aliphatic rings. The summed E-state index contributed by atoms with van der Waals surface area (Å²) in [4.78, 5) is 45.8. The largest absolute Gasteiger partial charge is 0.350 e. The molecule has 0 spiro atoms. The molecule has 1 aromatic heterocycles. The highest BCUT2D eigenvalue weighted by Gasteiger charge is 2.37. The van der Waals surface area contributed by atoms with Crippen molar-refractivity contribution in [1.29, 1.82) is 0 Å². The van der Waals surface area contributed by atoms with Crippen LogP contribution >= 0.6 is 0 Å². The Morgan fingerprint density at radius 3 is 2.30 bits per heavy atom. The van der Waals surface area contributed by atoms with E-state index in [1.807, 2.05) is 61.5 Å². The van der Waals surface area contributed by atoms with Crippen LogP contribution < -0.4 is 10.6 Å². The summed E-state index contributed by atoms with van der Waals surface area (Å²) in [5, 5.41) is 5.78. The van der Waals surface area contributed by atoms with E-state index in [4.69, 9.17) is 0 Å². The molecule has 0 bridgehead atoms. The van der Waals surface area contributed by atoms with E-state index in [1.165, 1.54) is 0 Å². The fraction of sp³-hybridized carbons (Fsp3) is 0.333. The van der Waals surface area contributed by atoms with Crippen molar-refractivity contribution in [2.75, 3.05) is 5.32 Å². The van der Waals surface area contributed by atoms with Gasteiger partial charge < -0.3 is 15.5 Å². The number of benzene rings is 2. The van der Waals surface area contributed by atoms with Gasteiger partial charge in [0, 0.05) is 31.6 Å². The van der Waals surface area contributed by atoms with Gasteiger partial charge >= 0.3 is 0 Å². The number of nitrogens with one attached hydrogen (secondary N) is 2. The third kappa shape index (κ3) is 7.26. The molecule has 1 fully saturated rings. The average Bonchev–Trinajstić information content (AvgIpc) is 3.45. The minimum Gasteiger partial charge on any atom is -0.350 e. The van der Waals surface area contributed by atoms with Gasteiger partial charge in [-0.3, -0.25) is 14.4 Å². The molecule has 0 radical (unpaired) electrons. The quantitative estimate of drug-likeness (QED) is 0.414. The van der Waals surface area contributed by atoms with Crippen LogP contribution in [0.5, 0.6) is 0 Å². The molecule has 0 unspecified atom stereocenters. The number of nitrogens with zero attached hydrogens (tertiary/aromatic N) is 2. The molecular weight excluding hydrogens is 464 g/mol. The lowest BCUT2D eigenvalue weighted by Crippen LogP contribution is -2.48. The lowest BCUT2D eigenvalue weighted by molar-refractivity contribution is -0.144. The van der Waals surface area contributed by atoms with Gasteiger partial charge in [0.2, 0.25) is 17.7 Å². The number of aromatic nitrogens is 1. The fourth-order valence-electron chi connectivity index (χ4n) is 4.80. The van der Waals surface area contributed by atoms with Crippen LogP contribution in [0.2, 0.25) is 0 Å². The molecule has 37 heavy (non-hydrogen) atoms. The number of hydrogen-bond acceptors (Lipinski definition) is 4. The molecule has 2 N–H and O–H groups in total. The highest BCUT2D eigenvalue weighted by atomic mass is 16.2. The summed E-state index contributed by atoms with van der Waals surface area (Å²) in [6.07, 6.45) is 5.36. The van der Waals surface area contributed by atoms with Gasteiger partial charge in [-0.2, -0.15) is 0 Å². The molecule has 192 valence electrons. The van der Waals surface area contributed by atoms with Crippen LogP contribution in [0.3, 0.4) is 0 Å².